The van der Waals surface area contributed by atoms with Gasteiger partial charge in [0.25, 0.3) is 0 Å². The number of hydrogen-bond acceptors (Lipinski definition) is 5. The van der Waals surface area contributed by atoms with E-state index in [1.54, 1.807) is 12.1 Å². The van der Waals surface area contributed by atoms with Crippen molar-refractivity contribution in [2.45, 2.75) is 32.0 Å². The fourth-order valence-electron chi connectivity index (χ4n) is 5.16. The largest absolute Gasteiger partial charge is 0.543 e. The van der Waals surface area contributed by atoms with E-state index in [9.17, 15) is 25.1 Å². The summed E-state index contributed by atoms with van der Waals surface area (Å²) in [6.45, 7) is 2.26. The van der Waals surface area contributed by atoms with Gasteiger partial charge in [0.15, 0.2) is 0 Å². The summed E-state index contributed by atoms with van der Waals surface area (Å²) < 4.78 is 4.05. The highest BCUT2D eigenvalue weighted by Gasteiger charge is 2.55. The van der Waals surface area contributed by atoms with E-state index in [0.29, 0.717) is 16.7 Å². The first kappa shape index (κ1) is 22.6. The average molecular weight is 469 g/mol. The Morgan fingerprint density at radius 1 is 1.23 bits per heavy atom. The van der Waals surface area contributed by atoms with E-state index in [2.05, 4.69) is 10.6 Å². The number of carboxylic acid groups (broad SMARTS) is 1. The van der Waals surface area contributed by atoms with Gasteiger partial charge in [-0.1, -0.05) is 24.3 Å². The number of rotatable bonds is 6. The molecule has 1 saturated heterocycles. The molecule has 2 aliphatic rings. The van der Waals surface area contributed by atoms with Crippen LogP contribution in [0.2, 0.25) is 0 Å². The second-order valence-electron chi connectivity index (χ2n) is 9.22. The number of β-lactam (4-membered cyclic amide) rings is 1. The summed E-state index contributed by atoms with van der Waals surface area (Å²) in [5.41, 5.74) is 4.00. The number of aliphatic hydroxyl groups is 1. The van der Waals surface area contributed by atoms with E-state index in [-0.39, 0.29) is 12.1 Å². The summed E-state index contributed by atoms with van der Waals surface area (Å²) in [4.78, 5) is 25.8. The molecular formula is C27H24N4O4. The molecule has 1 unspecified atom stereocenters. The predicted octanol–water partition coefficient (Wildman–Crippen LogP) is 0.972. The third-order valence-corrected chi connectivity index (χ3v) is 6.81. The lowest BCUT2D eigenvalue weighted by molar-refractivity contribution is -0.671. The maximum atomic E-state index is 12.5. The maximum absolute atomic E-state index is 12.5. The zero-order valence-corrected chi connectivity index (χ0v) is 19.4. The van der Waals surface area contributed by atoms with Crippen molar-refractivity contribution in [2.24, 2.45) is 13.0 Å². The highest BCUT2D eigenvalue weighted by atomic mass is 16.4. The minimum Gasteiger partial charge on any atom is -0.543 e. The van der Waals surface area contributed by atoms with Gasteiger partial charge in [-0.05, 0) is 59.4 Å². The quantitative estimate of drug-likeness (QED) is 0.428. The Bertz CT molecular complexity index is 1410. The molecule has 5 rings (SSSR count). The van der Waals surface area contributed by atoms with Gasteiger partial charge in [0.1, 0.15) is 18.9 Å². The second-order valence-corrected chi connectivity index (χ2v) is 9.22. The fourth-order valence-corrected chi connectivity index (χ4v) is 5.16. The fraction of sp³-hybridized carbons (Fsp3) is 0.259. The number of aliphatic carboxylic acids is 1. The molecule has 0 spiro atoms. The van der Waals surface area contributed by atoms with Crippen molar-refractivity contribution in [2.75, 3.05) is 0 Å². The van der Waals surface area contributed by atoms with Gasteiger partial charge >= 0.3 is 0 Å². The number of imidazole rings is 1. The van der Waals surface area contributed by atoms with Gasteiger partial charge in [-0.2, -0.15) is 5.26 Å². The Kier molecular flexibility index (Phi) is 5.50. The van der Waals surface area contributed by atoms with Crippen molar-refractivity contribution in [3.8, 4) is 17.2 Å². The molecule has 176 valence electrons. The van der Waals surface area contributed by atoms with Gasteiger partial charge in [0.2, 0.25) is 12.2 Å². The number of aromatic nitrogens is 2. The molecule has 8 heteroatoms. The van der Waals surface area contributed by atoms with Crippen molar-refractivity contribution in [3.63, 3.8) is 0 Å². The first-order valence-electron chi connectivity index (χ1n) is 11.4. The van der Waals surface area contributed by atoms with Crippen LogP contribution < -0.4 is 9.67 Å². The molecule has 0 bridgehead atoms. The Morgan fingerprint density at radius 2 is 1.94 bits per heavy atom. The summed E-state index contributed by atoms with van der Waals surface area (Å²) in [5.74, 6) is -2.50. The van der Waals surface area contributed by atoms with Crippen LogP contribution in [0.4, 0.5) is 0 Å². The predicted molar refractivity (Wildman–Crippen MR) is 124 cm³/mol. The normalized spacial score (nSPS) is 19.8. The maximum Gasteiger partial charge on any atom is 0.243 e. The first-order valence-corrected chi connectivity index (χ1v) is 11.4. The van der Waals surface area contributed by atoms with Crippen LogP contribution in [0.1, 0.15) is 30.0 Å². The summed E-state index contributed by atoms with van der Waals surface area (Å²) in [5, 5.41) is 31.6. The van der Waals surface area contributed by atoms with Crippen molar-refractivity contribution >= 4 is 17.4 Å². The summed E-state index contributed by atoms with van der Waals surface area (Å²) in [6.07, 6.45) is 5.38. The Hall–Kier alpha value is -4.22. The lowest BCUT2D eigenvalue weighted by atomic mass is 9.82. The third-order valence-electron chi connectivity index (χ3n) is 6.81. The average Bonchev–Trinajstić information content (AvgIpc) is 3.39. The minimum atomic E-state index is -1.44. The number of fused-ring (bicyclic) bond motifs is 1. The van der Waals surface area contributed by atoms with Crippen molar-refractivity contribution in [1.82, 2.24) is 9.47 Å². The van der Waals surface area contributed by atoms with E-state index in [1.165, 1.54) is 11.8 Å². The number of nitrogens with zero attached hydrogens (tertiary/aromatic N) is 4. The molecule has 1 amide bonds. The van der Waals surface area contributed by atoms with Crippen LogP contribution in [0.5, 0.6) is 0 Å². The molecule has 2 aromatic carbocycles. The molecular weight excluding hydrogens is 444 g/mol. The summed E-state index contributed by atoms with van der Waals surface area (Å²) >= 11 is 0. The number of carboxylic acids is 1. The molecule has 0 aliphatic carbocycles. The standard InChI is InChI=1S/C27H24N4O4/c1-16(32)24-23-12-22(25(27(34)35)31(23)26(24)33)21-10-18(13-28)9-20(11-21)19-5-3-17(4-6-19)14-30-8-7-29(2)15-30/h3-11,15-16,23-24,32H,12,14H2,1-2H3/t16-,23+,24?/m1/s1. The number of carbonyl (C=O) groups excluding carboxylic acids is 2. The van der Waals surface area contributed by atoms with Gasteiger partial charge in [-0.25, -0.2) is 9.13 Å². The lowest BCUT2D eigenvalue weighted by Gasteiger charge is -2.45. The Balaban J connectivity index is 1.50. The second kappa shape index (κ2) is 8.53. The van der Waals surface area contributed by atoms with Crippen molar-refractivity contribution < 1.29 is 24.4 Å². The number of amides is 1. The number of aliphatic hydroxyl groups excluding tert-OH is 1. The Labute approximate surface area is 202 Å². The molecule has 1 aromatic heterocycles. The van der Waals surface area contributed by atoms with E-state index >= 15 is 0 Å². The van der Waals surface area contributed by atoms with E-state index in [0.717, 1.165) is 23.2 Å². The molecule has 35 heavy (non-hydrogen) atoms. The van der Waals surface area contributed by atoms with Crippen LogP contribution in [0.3, 0.4) is 0 Å². The lowest BCUT2D eigenvalue weighted by Crippen LogP contribution is -2.62. The van der Waals surface area contributed by atoms with Crippen LogP contribution in [0.25, 0.3) is 16.7 Å². The van der Waals surface area contributed by atoms with Crippen molar-refractivity contribution in [1.29, 1.82) is 5.26 Å². The van der Waals surface area contributed by atoms with Gasteiger partial charge in [0, 0.05) is 0 Å². The number of nitriles is 1. The van der Waals surface area contributed by atoms with E-state index in [1.807, 2.05) is 60.7 Å². The van der Waals surface area contributed by atoms with Gasteiger partial charge in [-0.3, -0.25) is 4.79 Å². The molecule has 3 aromatic rings. The van der Waals surface area contributed by atoms with E-state index < -0.39 is 29.9 Å². The monoisotopic (exact) mass is 468 g/mol. The number of benzene rings is 2. The van der Waals surface area contributed by atoms with Gasteiger partial charge < -0.3 is 19.9 Å². The van der Waals surface area contributed by atoms with E-state index in [4.69, 9.17) is 0 Å². The molecule has 3 heterocycles. The zero-order valence-electron chi connectivity index (χ0n) is 19.4. The van der Waals surface area contributed by atoms with Crippen LogP contribution >= 0.6 is 0 Å². The van der Waals surface area contributed by atoms with Crippen molar-refractivity contribution in [3.05, 3.63) is 83.6 Å². The Morgan fingerprint density at radius 3 is 2.54 bits per heavy atom. The highest BCUT2D eigenvalue weighted by Crippen LogP contribution is 2.47. The smallest absolute Gasteiger partial charge is 0.243 e. The molecule has 3 atom stereocenters. The van der Waals surface area contributed by atoms with Crippen LogP contribution in [0, 0.1) is 17.2 Å². The first-order chi connectivity index (χ1) is 16.8. The molecule has 8 nitrogen and oxygen atoms in total. The van der Waals surface area contributed by atoms with Crippen LogP contribution in [-0.4, -0.2) is 38.6 Å². The third kappa shape index (κ3) is 3.90. The molecule has 0 saturated carbocycles. The number of carbonyl (C=O) groups is 2. The number of aryl methyl sites for hydroxylation is 1. The number of hydrogen-bond donors (Lipinski definition) is 1. The zero-order chi connectivity index (χ0) is 24.9. The van der Waals surface area contributed by atoms with Crippen LogP contribution in [0.15, 0.2) is 66.9 Å². The van der Waals surface area contributed by atoms with Gasteiger partial charge in [-0.15, -0.1) is 0 Å². The topological polar surface area (TPSA) is 113 Å². The molecule has 1 fully saturated rings. The highest BCUT2D eigenvalue weighted by molar-refractivity contribution is 6.05. The molecule has 2 aliphatic heterocycles. The van der Waals surface area contributed by atoms with Crippen LogP contribution in [-0.2, 0) is 23.2 Å². The summed E-state index contributed by atoms with van der Waals surface area (Å²) in [6, 6.07) is 15.0. The minimum absolute atomic E-state index is 0.173. The SMILES string of the molecule is C[C@@H](O)C1C(=O)N2C(C(=O)[O-])=C(c3cc(C#N)cc(-c4ccc(Cn5cc[n+](C)c5)cc4)c3)C[C@@H]12. The molecule has 1 N–H and O–H groups in total. The molecule has 0 radical (unpaired) electrons. The summed E-state index contributed by atoms with van der Waals surface area (Å²) in [7, 11) is 1.97. The van der Waals surface area contributed by atoms with Gasteiger partial charge in [0.05, 0.1) is 48.4 Å².